The largest absolute Gasteiger partial charge is 0.493 e. The quantitative estimate of drug-likeness (QED) is 0.273. The zero-order chi connectivity index (χ0) is 27.1. The molecule has 0 spiro atoms. The lowest BCUT2D eigenvalue weighted by atomic mass is 9.97. The van der Waals surface area contributed by atoms with Crippen LogP contribution in [-0.4, -0.2) is 19.6 Å². The topological polar surface area (TPSA) is 69.0 Å². The van der Waals surface area contributed by atoms with E-state index in [9.17, 15) is 14.0 Å². The Morgan fingerprint density at radius 3 is 2.37 bits per heavy atom. The van der Waals surface area contributed by atoms with Crippen LogP contribution in [0.15, 0.2) is 63.8 Å². The first-order valence-electron chi connectivity index (χ1n) is 12.7. The minimum Gasteiger partial charge on any atom is -0.493 e. The first-order valence-corrected chi connectivity index (χ1v) is 12.7. The van der Waals surface area contributed by atoms with Gasteiger partial charge in [-0.3, -0.25) is 14.5 Å². The Morgan fingerprint density at radius 2 is 1.68 bits per heavy atom. The summed E-state index contributed by atoms with van der Waals surface area (Å²) in [4.78, 5) is 29.2. The van der Waals surface area contributed by atoms with Crippen molar-refractivity contribution < 1.29 is 23.1 Å². The molecule has 0 aliphatic carbocycles. The molecule has 5 rings (SSSR count). The first kappa shape index (κ1) is 25.5. The fraction of sp³-hybridized carbons (Fsp3) is 0.290. The van der Waals surface area contributed by atoms with Gasteiger partial charge in [-0.25, -0.2) is 4.39 Å². The molecule has 0 N–H and O–H groups in total. The van der Waals surface area contributed by atoms with Crippen LogP contribution in [-0.2, 0) is 0 Å². The van der Waals surface area contributed by atoms with E-state index >= 15 is 0 Å². The number of halogens is 1. The zero-order valence-electron chi connectivity index (χ0n) is 22.1. The lowest BCUT2D eigenvalue weighted by molar-refractivity contribution is 0.0971. The molecule has 3 aromatic carbocycles. The summed E-state index contributed by atoms with van der Waals surface area (Å²) >= 11 is 0. The summed E-state index contributed by atoms with van der Waals surface area (Å²) in [5.74, 6) is 0.646. The van der Waals surface area contributed by atoms with Crippen LogP contribution in [0.1, 0.15) is 59.1 Å². The van der Waals surface area contributed by atoms with Gasteiger partial charge in [0.2, 0.25) is 5.76 Å². The van der Waals surface area contributed by atoms with Crippen molar-refractivity contribution in [3.05, 3.63) is 98.7 Å². The van der Waals surface area contributed by atoms with E-state index in [2.05, 4.69) is 13.8 Å². The Morgan fingerprint density at radius 1 is 0.974 bits per heavy atom. The number of ether oxygens (including phenoxy) is 2. The van der Waals surface area contributed by atoms with Crippen LogP contribution in [0.2, 0.25) is 0 Å². The van der Waals surface area contributed by atoms with Crippen LogP contribution >= 0.6 is 0 Å². The third kappa shape index (κ3) is 4.42. The summed E-state index contributed by atoms with van der Waals surface area (Å²) in [5, 5.41) is 0.409. The molecule has 6 nitrogen and oxygen atoms in total. The summed E-state index contributed by atoms with van der Waals surface area (Å²) < 4.78 is 31.4. The van der Waals surface area contributed by atoms with E-state index in [4.69, 9.17) is 13.9 Å². The van der Waals surface area contributed by atoms with Crippen molar-refractivity contribution >= 4 is 22.6 Å². The van der Waals surface area contributed by atoms with E-state index in [-0.39, 0.29) is 16.8 Å². The number of aryl methyl sites for hydroxylation is 2. The molecule has 0 saturated heterocycles. The van der Waals surface area contributed by atoms with Crippen molar-refractivity contribution in [2.45, 2.75) is 40.2 Å². The molecule has 38 heavy (non-hydrogen) atoms. The third-order valence-corrected chi connectivity index (χ3v) is 7.05. The lowest BCUT2D eigenvalue weighted by Crippen LogP contribution is -2.29. The molecule has 0 fully saturated rings. The van der Waals surface area contributed by atoms with Gasteiger partial charge in [0.15, 0.2) is 16.9 Å². The molecule has 196 valence electrons. The van der Waals surface area contributed by atoms with Crippen LogP contribution < -0.4 is 19.8 Å². The molecule has 1 unspecified atom stereocenters. The molecule has 1 atom stereocenters. The number of benzene rings is 3. The van der Waals surface area contributed by atoms with Gasteiger partial charge in [-0.2, -0.15) is 0 Å². The number of hydrogen-bond donors (Lipinski definition) is 0. The van der Waals surface area contributed by atoms with Gasteiger partial charge >= 0.3 is 0 Å². The fourth-order valence-electron chi connectivity index (χ4n) is 4.79. The zero-order valence-corrected chi connectivity index (χ0v) is 22.1. The molecule has 0 saturated carbocycles. The predicted octanol–water partition coefficient (Wildman–Crippen LogP) is 6.73. The summed E-state index contributed by atoms with van der Waals surface area (Å²) in [6.45, 7) is 8.64. The molecule has 7 heteroatoms. The Bertz CT molecular complexity index is 1590. The van der Waals surface area contributed by atoms with Crippen molar-refractivity contribution in [2.24, 2.45) is 5.92 Å². The van der Waals surface area contributed by atoms with E-state index in [0.29, 0.717) is 46.2 Å². The average molecular weight is 516 g/mol. The van der Waals surface area contributed by atoms with Crippen LogP contribution in [0.3, 0.4) is 0 Å². The van der Waals surface area contributed by atoms with Gasteiger partial charge in [-0.05, 0) is 91.4 Å². The minimum absolute atomic E-state index is 0.0173. The number of nitrogens with zero attached hydrogens (tertiary/aromatic N) is 1. The molecular weight excluding hydrogens is 485 g/mol. The highest BCUT2D eigenvalue weighted by molar-refractivity contribution is 6.10. The number of methoxy groups -OCH3 is 1. The molecule has 1 aliphatic rings. The highest BCUT2D eigenvalue weighted by atomic mass is 19.1. The highest BCUT2D eigenvalue weighted by Gasteiger charge is 2.44. The van der Waals surface area contributed by atoms with Crippen molar-refractivity contribution in [3.8, 4) is 11.5 Å². The van der Waals surface area contributed by atoms with Gasteiger partial charge in [0, 0.05) is 5.69 Å². The number of hydrogen-bond acceptors (Lipinski definition) is 5. The molecular formula is C31H30FNO5. The third-order valence-electron chi connectivity index (χ3n) is 7.05. The molecule has 1 aliphatic heterocycles. The standard InChI is InChI=1S/C31H30FNO5/c1-17(2)12-13-37-24-11-6-20(16-26(24)36-5)28-27-29(34)23-14-18(3)19(4)15-25(23)38-30(27)31(35)33(28)22-9-7-21(32)8-10-22/h6-11,14-17,28H,12-13H2,1-5H3. The van der Waals surface area contributed by atoms with E-state index in [1.165, 1.54) is 29.2 Å². The van der Waals surface area contributed by atoms with Gasteiger partial charge in [0.25, 0.3) is 5.91 Å². The van der Waals surface area contributed by atoms with Crippen molar-refractivity contribution in [1.29, 1.82) is 0 Å². The van der Waals surface area contributed by atoms with Crippen molar-refractivity contribution in [3.63, 3.8) is 0 Å². The number of carbonyl (C=O) groups is 1. The van der Waals surface area contributed by atoms with Crippen LogP contribution in [0.5, 0.6) is 11.5 Å². The van der Waals surface area contributed by atoms with E-state index in [0.717, 1.165) is 17.5 Å². The summed E-state index contributed by atoms with van der Waals surface area (Å²) in [5.41, 5.74) is 3.32. The fourth-order valence-corrected chi connectivity index (χ4v) is 4.79. The SMILES string of the molecule is COc1cc(C2c3c(oc4cc(C)c(C)cc4c3=O)C(=O)N2c2ccc(F)cc2)ccc1OCCC(C)C. The molecule has 4 aromatic rings. The number of fused-ring (bicyclic) bond motifs is 2. The summed E-state index contributed by atoms with van der Waals surface area (Å²) in [6, 6.07) is 13.8. The monoisotopic (exact) mass is 515 g/mol. The van der Waals surface area contributed by atoms with Crippen molar-refractivity contribution in [2.75, 3.05) is 18.6 Å². The highest BCUT2D eigenvalue weighted by Crippen LogP contribution is 2.43. The number of amides is 1. The van der Waals surface area contributed by atoms with E-state index in [1.807, 2.05) is 19.9 Å². The van der Waals surface area contributed by atoms with Gasteiger partial charge in [-0.15, -0.1) is 0 Å². The number of anilines is 1. The van der Waals surface area contributed by atoms with E-state index < -0.39 is 17.8 Å². The summed E-state index contributed by atoms with van der Waals surface area (Å²) in [7, 11) is 1.55. The molecule has 1 aromatic heterocycles. The Balaban J connectivity index is 1.70. The minimum atomic E-state index is -0.802. The normalized spacial score (nSPS) is 14.9. The molecule has 1 amide bonds. The average Bonchev–Trinajstić information content (AvgIpc) is 3.18. The van der Waals surface area contributed by atoms with Gasteiger partial charge in [0.1, 0.15) is 11.4 Å². The number of carbonyl (C=O) groups excluding carboxylic acids is 1. The molecule has 0 bridgehead atoms. The van der Waals surface area contributed by atoms with Gasteiger partial charge in [-0.1, -0.05) is 19.9 Å². The predicted molar refractivity (Wildman–Crippen MR) is 145 cm³/mol. The van der Waals surface area contributed by atoms with Gasteiger partial charge < -0.3 is 13.9 Å². The van der Waals surface area contributed by atoms with Crippen LogP contribution in [0.4, 0.5) is 10.1 Å². The second kappa shape index (κ2) is 9.97. The maximum absolute atomic E-state index is 13.9. The summed E-state index contributed by atoms with van der Waals surface area (Å²) in [6.07, 6.45) is 0.890. The number of rotatable bonds is 7. The maximum atomic E-state index is 13.9. The Hall–Kier alpha value is -4.13. The van der Waals surface area contributed by atoms with Crippen LogP contribution in [0.25, 0.3) is 11.0 Å². The van der Waals surface area contributed by atoms with Crippen LogP contribution in [0, 0.1) is 25.6 Å². The first-order chi connectivity index (χ1) is 18.2. The Kier molecular flexibility index (Phi) is 6.69. The van der Waals surface area contributed by atoms with Crippen molar-refractivity contribution in [1.82, 2.24) is 0 Å². The second-order valence-corrected chi connectivity index (χ2v) is 10.1. The van der Waals surface area contributed by atoms with E-state index in [1.54, 1.807) is 31.4 Å². The Labute approximate surface area is 220 Å². The molecule has 0 radical (unpaired) electrons. The maximum Gasteiger partial charge on any atom is 0.295 e. The molecule has 2 heterocycles. The van der Waals surface area contributed by atoms with Gasteiger partial charge in [0.05, 0.1) is 30.7 Å². The smallest absolute Gasteiger partial charge is 0.295 e. The lowest BCUT2D eigenvalue weighted by Gasteiger charge is -2.26. The second-order valence-electron chi connectivity index (χ2n) is 10.1.